The van der Waals surface area contributed by atoms with Crippen LogP contribution >= 0.6 is 0 Å². The molecule has 2 aromatic rings. The zero-order valence-corrected chi connectivity index (χ0v) is 12.5. The summed E-state index contributed by atoms with van der Waals surface area (Å²) >= 11 is 0. The first kappa shape index (κ1) is 17.3. The Morgan fingerprint density at radius 1 is 0.955 bits per heavy atom. The topological polar surface area (TPSA) is 114 Å². The quantitative estimate of drug-likeness (QED) is 0.667. The Kier molecular flexibility index (Phi) is 7.87. The van der Waals surface area contributed by atoms with E-state index >= 15 is 0 Å². The first-order valence-electron chi connectivity index (χ1n) is 6.65. The van der Waals surface area contributed by atoms with Crippen LogP contribution in [0.3, 0.4) is 0 Å². The molecule has 0 atom stereocenters. The normalized spacial score (nSPS) is 9.55. The van der Waals surface area contributed by atoms with E-state index in [0.29, 0.717) is 13.2 Å². The van der Waals surface area contributed by atoms with Crippen LogP contribution in [0.5, 0.6) is 0 Å². The number of ether oxygens (including phenoxy) is 2. The van der Waals surface area contributed by atoms with E-state index in [2.05, 4.69) is 30.0 Å². The molecule has 0 amide bonds. The highest BCUT2D eigenvalue weighted by molar-refractivity contribution is 5.69. The molecule has 0 N–H and O–H groups in total. The van der Waals surface area contributed by atoms with Crippen molar-refractivity contribution < 1.29 is 19.1 Å². The van der Waals surface area contributed by atoms with E-state index in [9.17, 15) is 9.59 Å². The molecule has 22 heavy (non-hydrogen) atoms. The smallest absolute Gasteiger partial charge is 0.329 e. The molecule has 0 aliphatic carbocycles. The van der Waals surface area contributed by atoms with Gasteiger partial charge in [-0.25, -0.2) is 9.48 Å². The predicted molar refractivity (Wildman–Crippen MR) is 73.3 cm³/mol. The Hall–Kier alpha value is -2.78. The highest BCUT2D eigenvalue weighted by Crippen LogP contribution is 1.85. The van der Waals surface area contributed by atoms with E-state index in [0.717, 1.165) is 0 Å². The zero-order valence-electron chi connectivity index (χ0n) is 12.5. The van der Waals surface area contributed by atoms with Crippen LogP contribution in [-0.2, 0) is 32.2 Å². The van der Waals surface area contributed by atoms with Crippen LogP contribution in [0, 0.1) is 0 Å². The number of aromatic nitrogens is 6. The maximum absolute atomic E-state index is 10.8. The molecule has 10 nitrogen and oxygen atoms in total. The summed E-state index contributed by atoms with van der Waals surface area (Å²) in [6, 6.07) is 0. The van der Waals surface area contributed by atoms with Crippen LogP contribution in [0.25, 0.3) is 0 Å². The number of nitrogens with zero attached hydrogens (tertiary/aromatic N) is 6. The molecule has 0 aromatic carbocycles. The van der Waals surface area contributed by atoms with Crippen LogP contribution in [0.15, 0.2) is 24.8 Å². The van der Waals surface area contributed by atoms with E-state index in [4.69, 9.17) is 0 Å². The minimum atomic E-state index is -0.316. The molecule has 0 aliphatic rings. The average Bonchev–Trinajstić information content (AvgIpc) is 3.13. The van der Waals surface area contributed by atoms with E-state index < -0.39 is 0 Å². The summed E-state index contributed by atoms with van der Waals surface area (Å²) in [5.41, 5.74) is 0. The van der Waals surface area contributed by atoms with Gasteiger partial charge in [0, 0.05) is 6.20 Å². The van der Waals surface area contributed by atoms with Crippen LogP contribution in [0.4, 0.5) is 0 Å². The van der Waals surface area contributed by atoms with Gasteiger partial charge in [0.05, 0.1) is 31.8 Å². The molecule has 120 valence electrons. The van der Waals surface area contributed by atoms with Gasteiger partial charge in [-0.05, 0) is 13.8 Å². The largest absolute Gasteiger partial charge is 0.465 e. The third-order valence-corrected chi connectivity index (χ3v) is 2.11. The van der Waals surface area contributed by atoms with Crippen molar-refractivity contribution in [3.63, 3.8) is 0 Å². The van der Waals surface area contributed by atoms with Crippen molar-refractivity contribution in [3.8, 4) is 0 Å². The molecule has 0 saturated heterocycles. The molecule has 0 spiro atoms. The van der Waals surface area contributed by atoms with Crippen molar-refractivity contribution >= 4 is 11.9 Å². The van der Waals surface area contributed by atoms with Gasteiger partial charge < -0.3 is 9.47 Å². The highest BCUT2D eigenvalue weighted by atomic mass is 16.5. The Morgan fingerprint density at radius 2 is 1.55 bits per heavy atom. The Bertz CT molecular complexity index is 490. The van der Waals surface area contributed by atoms with Gasteiger partial charge in [-0.3, -0.25) is 4.79 Å². The lowest BCUT2D eigenvalue weighted by Gasteiger charge is -1.99. The van der Waals surface area contributed by atoms with E-state index in [1.165, 1.54) is 28.1 Å². The van der Waals surface area contributed by atoms with Gasteiger partial charge in [0.15, 0.2) is 6.54 Å². The summed E-state index contributed by atoms with van der Waals surface area (Å²) in [6.07, 6.45) is 6.15. The summed E-state index contributed by atoms with van der Waals surface area (Å²) in [4.78, 5) is 22.9. The van der Waals surface area contributed by atoms with Gasteiger partial charge in [0.2, 0.25) is 0 Å². The van der Waals surface area contributed by atoms with Gasteiger partial charge >= 0.3 is 11.9 Å². The van der Waals surface area contributed by atoms with Crippen molar-refractivity contribution in [1.82, 2.24) is 30.0 Å². The molecule has 10 heteroatoms. The summed E-state index contributed by atoms with van der Waals surface area (Å²) in [6.45, 7) is 4.52. The van der Waals surface area contributed by atoms with Gasteiger partial charge in [-0.1, -0.05) is 5.21 Å². The number of hydrogen-bond donors (Lipinski definition) is 0. The highest BCUT2D eigenvalue weighted by Gasteiger charge is 2.02. The summed E-state index contributed by atoms with van der Waals surface area (Å²) in [7, 11) is 0. The van der Waals surface area contributed by atoms with Crippen LogP contribution < -0.4 is 0 Å². The third-order valence-electron chi connectivity index (χ3n) is 2.11. The molecule has 0 saturated carbocycles. The van der Waals surface area contributed by atoms with Crippen LogP contribution in [0.1, 0.15) is 13.8 Å². The summed E-state index contributed by atoms with van der Waals surface area (Å²) in [5, 5.41) is 14.6. The van der Waals surface area contributed by atoms with Crippen molar-refractivity contribution in [2.45, 2.75) is 26.9 Å². The first-order chi connectivity index (χ1) is 10.7. The van der Waals surface area contributed by atoms with Crippen molar-refractivity contribution in [1.29, 1.82) is 0 Å². The van der Waals surface area contributed by atoms with Gasteiger partial charge in [0.1, 0.15) is 6.54 Å². The Morgan fingerprint density at radius 3 is 2.05 bits per heavy atom. The Balaban J connectivity index is 0.000000220. The molecule has 2 rings (SSSR count). The molecule has 0 aliphatic heterocycles. The fourth-order valence-corrected chi connectivity index (χ4v) is 1.30. The molecule has 0 fully saturated rings. The second-order valence-corrected chi connectivity index (χ2v) is 3.77. The van der Waals surface area contributed by atoms with Crippen LogP contribution in [0.2, 0.25) is 0 Å². The van der Waals surface area contributed by atoms with E-state index in [-0.39, 0.29) is 25.0 Å². The number of esters is 2. The standard InChI is InChI=1S/2C6H9N3O2/c1-2-11-6(10)5-9-4-3-7-8-9;1-2-11-6(10)5-9-7-3-4-8-9/h2*3-4H,2,5H2,1H3. The Labute approximate surface area is 127 Å². The van der Waals surface area contributed by atoms with Gasteiger partial charge in [0.25, 0.3) is 0 Å². The lowest BCUT2D eigenvalue weighted by molar-refractivity contribution is -0.145. The third kappa shape index (κ3) is 7.12. The molecular weight excluding hydrogens is 292 g/mol. The minimum absolute atomic E-state index is 0.0842. The SMILES string of the molecule is CCOC(=O)Cn1ccnn1.CCOC(=O)Cn1nccn1. The van der Waals surface area contributed by atoms with Gasteiger partial charge in [-0.2, -0.15) is 15.0 Å². The summed E-state index contributed by atoms with van der Waals surface area (Å²) < 4.78 is 10.8. The van der Waals surface area contributed by atoms with Crippen molar-refractivity contribution in [2.75, 3.05) is 13.2 Å². The maximum Gasteiger partial charge on any atom is 0.329 e. The fraction of sp³-hybridized carbons (Fsp3) is 0.500. The second kappa shape index (κ2) is 10.0. The van der Waals surface area contributed by atoms with Crippen molar-refractivity contribution in [3.05, 3.63) is 24.8 Å². The van der Waals surface area contributed by atoms with Gasteiger partial charge in [-0.15, -0.1) is 5.10 Å². The molecule has 0 bridgehead atoms. The fourth-order valence-electron chi connectivity index (χ4n) is 1.30. The van der Waals surface area contributed by atoms with Crippen LogP contribution in [-0.4, -0.2) is 55.1 Å². The number of hydrogen-bond acceptors (Lipinski definition) is 8. The number of carbonyl (C=O) groups excluding carboxylic acids is 2. The molecule has 0 radical (unpaired) electrons. The minimum Gasteiger partial charge on any atom is -0.465 e. The molecule has 2 heterocycles. The predicted octanol–water partition coefficient (Wildman–Crippen LogP) is -0.318. The lowest BCUT2D eigenvalue weighted by Crippen LogP contribution is -2.15. The van der Waals surface area contributed by atoms with E-state index in [1.54, 1.807) is 20.0 Å². The molecular formula is C12H18N6O4. The second-order valence-electron chi connectivity index (χ2n) is 3.77. The molecule has 0 unspecified atom stereocenters. The number of rotatable bonds is 6. The molecule has 2 aromatic heterocycles. The average molecular weight is 310 g/mol. The number of carbonyl (C=O) groups is 2. The monoisotopic (exact) mass is 310 g/mol. The summed E-state index contributed by atoms with van der Waals surface area (Å²) in [5.74, 6) is -0.610. The van der Waals surface area contributed by atoms with Crippen molar-refractivity contribution in [2.24, 2.45) is 0 Å². The zero-order chi connectivity index (χ0) is 16.2. The van der Waals surface area contributed by atoms with E-state index in [1.807, 2.05) is 0 Å². The maximum atomic E-state index is 10.8. The lowest BCUT2D eigenvalue weighted by atomic mass is 10.6. The first-order valence-corrected chi connectivity index (χ1v) is 6.65.